The third-order valence-electron chi connectivity index (χ3n) is 2.40. The fourth-order valence-electron chi connectivity index (χ4n) is 1.48. The second kappa shape index (κ2) is 5.73. The zero-order chi connectivity index (χ0) is 11.4. The van der Waals surface area contributed by atoms with Gasteiger partial charge in [-0.25, -0.2) is 0 Å². The van der Waals surface area contributed by atoms with Gasteiger partial charge in [-0.3, -0.25) is 0 Å². The average molecular weight is 293 g/mol. The van der Waals surface area contributed by atoms with Crippen LogP contribution in [0, 0.1) is 0 Å². The highest BCUT2D eigenvalue weighted by Gasteiger charge is 2.12. The fourth-order valence-corrected chi connectivity index (χ4v) is 2.35. The van der Waals surface area contributed by atoms with Crippen molar-refractivity contribution in [2.75, 3.05) is 13.7 Å². The van der Waals surface area contributed by atoms with E-state index in [0.29, 0.717) is 12.5 Å². The van der Waals surface area contributed by atoms with Crippen molar-refractivity contribution in [3.8, 4) is 5.75 Å². The van der Waals surface area contributed by atoms with Crippen molar-refractivity contribution in [1.82, 2.24) is 0 Å². The summed E-state index contributed by atoms with van der Waals surface area (Å²) in [7, 11) is 1.62. The molecule has 0 aromatic heterocycles. The van der Waals surface area contributed by atoms with Crippen LogP contribution in [0.15, 0.2) is 16.6 Å². The number of hydrogen-bond acceptors (Lipinski definition) is 2. The first-order valence-corrected chi connectivity index (χ1v) is 6.00. The van der Waals surface area contributed by atoms with E-state index in [0.717, 1.165) is 27.2 Å². The molecule has 0 saturated heterocycles. The van der Waals surface area contributed by atoms with Crippen molar-refractivity contribution in [3.05, 3.63) is 27.2 Å². The summed E-state index contributed by atoms with van der Waals surface area (Å²) < 4.78 is 6.09. The third-order valence-corrected chi connectivity index (χ3v) is 3.35. The highest BCUT2D eigenvalue weighted by atomic mass is 79.9. The maximum atomic E-state index is 6.17. The predicted octanol–water partition coefficient (Wildman–Crippen LogP) is 3.56. The maximum absolute atomic E-state index is 6.17. The molecule has 1 rings (SSSR count). The highest BCUT2D eigenvalue weighted by molar-refractivity contribution is 9.10. The standard InChI is InChI=1S/C11H15BrClNO/c1-7(3-4-14)8-5-9(12)11(15-2)6-10(8)13/h5-7H,3-4,14H2,1-2H3. The van der Waals surface area contributed by atoms with E-state index in [1.807, 2.05) is 12.1 Å². The molecule has 0 aliphatic carbocycles. The molecule has 0 amide bonds. The summed E-state index contributed by atoms with van der Waals surface area (Å²) in [5, 5.41) is 0.732. The van der Waals surface area contributed by atoms with Gasteiger partial charge in [0.25, 0.3) is 0 Å². The molecule has 2 N–H and O–H groups in total. The SMILES string of the molecule is COc1cc(Cl)c(C(C)CCN)cc1Br. The van der Waals surface area contributed by atoms with Crippen LogP contribution in [0.4, 0.5) is 0 Å². The molecular weight excluding hydrogens is 277 g/mol. The second-order valence-electron chi connectivity index (χ2n) is 3.49. The minimum absolute atomic E-state index is 0.365. The van der Waals surface area contributed by atoms with Gasteiger partial charge < -0.3 is 10.5 Å². The van der Waals surface area contributed by atoms with Crippen molar-refractivity contribution in [1.29, 1.82) is 0 Å². The van der Waals surface area contributed by atoms with Gasteiger partial charge in [-0.15, -0.1) is 0 Å². The summed E-state index contributed by atoms with van der Waals surface area (Å²) in [6, 6.07) is 3.83. The van der Waals surface area contributed by atoms with E-state index < -0.39 is 0 Å². The fraction of sp³-hybridized carbons (Fsp3) is 0.455. The molecule has 1 atom stereocenters. The van der Waals surface area contributed by atoms with Gasteiger partial charge in [0.05, 0.1) is 11.6 Å². The summed E-state index contributed by atoms with van der Waals surface area (Å²) in [6.07, 6.45) is 0.929. The lowest BCUT2D eigenvalue weighted by Gasteiger charge is -2.14. The number of ether oxygens (including phenoxy) is 1. The molecule has 4 heteroatoms. The average Bonchev–Trinajstić information content (AvgIpc) is 2.21. The van der Waals surface area contributed by atoms with E-state index in [4.69, 9.17) is 22.1 Å². The second-order valence-corrected chi connectivity index (χ2v) is 4.75. The van der Waals surface area contributed by atoms with Crippen LogP contribution in [0.1, 0.15) is 24.8 Å². The Bertz CT molecular complexity index is 344. The Kier molecular flexibility index (Phi) is 4.90. The van der Waals surface area contributed by atoms with Crippen molar-refractivity contribution in [2.24, 2.45) is 5.73 Å². The Morgan fingerprint density at radius 2 is 2.20 bits per heavy atom. The molecule has 0 radical (unpaired) electrons. The molecule has 0 bridgehead atoms. The minimum Gasteiger partial charge on any atom is -0.496 e. The van der Waals surface area contributed by atoms with E-state index >= 15 is 0 Å². The van der Waals surface area contributed by atoms with Crippen LogP contribution in [0.2, 0.25) is 5.02 Å². The zero-order valence-electron chi connectivity index (χ0n) is 8.89. The molecule has 1 aromatic rings. The topological polar surface area (TPSA) is 35.2 Å². The Labute approximate surface area is 104 Å². The summed E-state index contributed by atoms with van der Waals surface area (Å²) >= 11 is 9.62. The maximum Gasteiger partial charge on any atom is 0.134 e. The number of hydrogen-bond donors (Lipinski definition) is 1. The molecule has 0 aliphatic rings. The monoisotopic (exact) mass is 291 g/mol. The largest absolute Gasteiger partial charge is 0.496 e. The van der Waals surface area contributed by atoms with Gasteiger partial charge in [0.15, 0.2) is 0 Å². The van der Waals surface area contributed by atoms with Crippen molar-refractivity contribution < 1.29 is 4.74 Å². The molecule has 0 fully saturated rings. The van der Waals surface area contributed by atoms with Gasteiger partial charge in [0, 0.05) is 11.1 Å². The minimum atomic E-state index is 0.365. The van der Waals surface area contributed by atoms with E-state index in [9.17, 15) is 0 Å². The predicted molar refractivity (Wildman–Crippen MR) is 67.8 cm³/mol. The number of halogens is 2. The van der Waals surface area contributed by atoms with Gasteiger partial charge in [0.1, 0.15) is 5.75 Å². The van der Waals surface area contributed by atoms with Crippen LogP contribution < -0.4 is 10.5 Å². The number of methoxy groups -OCH3 is 1. The molecule has 0 saturated carbocycles. The quantitative estimate of drug-likeness (QED) is 0.921. The summed E-state index contributed by atoms with van der Waals surface area (Å²) in [4.78, 5) is 0. The van der Waals surface area contributed by atoms with Crippen molar-refractivity contribution in [2.45, 2.75) is 19.3 Å². The van der Waals surface area contributed by atoms with Crippen LogP contribution in [0.5, 0.6) is 5.75 Å². The first kappa shape index (κ1) is 12.8. The summed E-state index contributed by atoms with van der Waals surface area (Å²) in [5.74, 6) is 1.12. The number of nitrogens with two attached hydrogens (primary N) is 1. The molecular formula is C11H15BrClNO. The van der Waals surface area contributed by atoms with Crippen molar-refractivity contribution in [3.63, 3.8) is 0 Å². The van der Waals surface area contributed by atoms with Crippen LogP contribution in [-0.4, -0.2) is 13.7 Å². The van der Waals surface area contributed by atoms with Gasteiger partial charge in [-0.1, -0.05) is 18.5 Å². The Hall–Kier alpha value is -0.250. The first-order valence-electron chi connectivity index (χ1n) is 4.83. The zero-order valence-corrected chi connectivity index (χ0v) is 11.2. The lowest BCUT2D eigenvalue weighted by Crippen LogP contribution is -2.05. The highest BCUT2D eigenvalue weighted by Crippen LogP contribution is 2.35. The van der Waals surface area contributed by atoms with E-state index in [1.165, 1.54) is 0 Å². The van der Waals surface area contributed by atoms with Gasteiger partial charge in [-0.2, -0.15) is 0 Å². The first-order chi connectivity index (χ1) is 7.10. The molecule has 84 valence electrons. The molecule has 0 spiro atoms. The molecule has 0 heterocycles. The van der Waals surface area contributed by atoms with Crippen LogP contribution in [0.3, 0.4) is 0 Å². The van der Waals surface area contributed by atoms with Gasteiger partial charge in [0.2, 0.25) is 0 Å². The number of rotatable bonds is 4. The number of benzene rings is 1. The lowest BCUT2D eigenvalue weighted by molar-refractivity contribution is 0.412. The van der Waals surface area contributed by atoms with Crippen LogP contribution in [-0.2, 0) is 0 Å². The van der Waals surface area contributed by atoms with Crippen LogP contribution in [0.25, 0.3) is 0 Å². The van der Waals surface area contributed by atoms with E-state index in [-0.39, 0.29) is 0 Å². The Balaban J connectivity index is 3.04. The smallest absolute Gasteiger partial charge is 0.134 e. The summed E-state index contributed by atoms with van der Waals surface area (Å²) in [5.41, 5.74) is 6.64. The Morgan fingerprint density at radius 3 is 2.73 bits per heavy atom. The molecule has 15 heavy (non-hydrogen) atoms. The molecule has 1 aromatic carbocycles. The van der Waals surface area contributed by atoms with Crippen molar-refractivity contribution >= 4 is 27.5 Å². The Morgan fingerprint density at radius 1 is 1.53 bits per heavy atom. The molecule has 1 unspecified atom stereocenters. The van der Waals surface area contributed by atoms with E-state index in [1.54, 1.807) is 7.11 Å². The molecule has 0 aliphatic heterocycles. The summed E-state index contributed by atoms with van der Waals surface area (Å²) in [6.45, 7) is 2.79. The van der Waals surface area contributed by atoms with E-state index in [2.05, 4.69) is 22.9 Å². The normalized spacial score (nSPS) is 12.6. The van der Waals surface area contributed by atoms with Gasteiger partial charge >= 0.3 is 0 Å². The lowest BCUT2D eigenvalue weighted by atomic mass is 9.98. The molecule has 2 nitrogen and oxygen atoms in total. The third kappa shape index (κ3) is 3.10. The van der Waals surface area contributed by atoms with Gasteiger partial charge in [-0.05, 0) is 46.4 Å². The van der Waals surface area contributed by atoms with Crippen LogP contribution >= 0.6 is 27.5 Å².